The van der Waals surface area contributed by atoms with Crippen molar-refractivity contribution in [2.75, 3.05) is 19.6 Å². The van der Waals surface area contributed by atoms with Crippen LogP contribution in [0.4, 0.5) is 13.2 Å². The lowest BCUT2D eigenvalue weighted by Crippen LogP contribution is -2.41. The van der Waals surface area contributed by atoms with Gasteiger partial charge in [0.2, 0.25) is 0 Å². The van der Waals surface area contributed by atoms with Gasteiger partial charge in [-0.05, 0) is 40.2 Å². The molecule has 0 aromatic carbocycles. The Balaban J connectivity index is 4.11. The molecule has 17 heavy (non-hydrogen) atoms. The lowest BCUT2D eigenvalue weighted by Gasteiger charge is -2.29. The molecule has 0 spiro atoms. The molecule has 0 saturated heterocycles. The van der Waals surface area contributed by atoms with E-state index in [9.17, 15) is 18.3 Å². The van der Waals surface area contributed by atoms with E-state index in [0.717, 1.165) is 0 Å². The molecule has 0 aromatic heterocycles. The molecule has 1 unspecified atom stereocenters. The second-order valence-electron chi connectivity index (χ2n) is 4.98. The Morgan fingerprint density at radius 2 is 1.82 bits per heavy atom. The molecule has 0 radical (unpaired) electrons. The molecule has 6 heteroatoms. The maximum absolute atomic E-state index is 12.3. The first kappa shape index (κ1) is 16.7. The van der Waals surface area contributed by atoms with Crippen molar-refractivity contribution >= 4 is 0 Å². The van der Waals surface area contributed by atoms with Gasteiger partial charge in [0.1, 0.15) is 0 Å². The summed E-state index contributed by atoms with van der Waals surface area (Å²) in [6, 6.07) is -0.167. The molecule has 0 aliphatic rings. The highest BCUT2D eigenvalue weighted by Gasteiger charge is 2.31. The van der Waals surface area contributed by atoms with Gasteiger partial charge < -0.3 is 10.8 Å². The molecular formula is C11H23F3N2O. The van der Waals surface area contributed by atoms with E-state index in [-0.39, 0.29) is 12.6 Å². The molecule has 0 saturated carbocycles. The molecule has 104 valence electrons. The van der Waals surface area contributed by atoms with Gasteiger partial charge in [-0.1, -0.05) is 0 Å². The standard InChI is InChI=1S/C11H23F3N2O/c1-9(2)16(8-11(12,13)14)6-4-5-10(3,17)7-15/h9,17H,4-8,15H2,1-3H3. The Morgan fingerprint density at radius 1 is 1.29 bits per heavy atom. The number of nitrogens with zero attached hydrogens (tertiary/aromatic N) is 1. The van der Waals surface area contributed by atoms with Crippen LogP contribution in [0, 0.1) is 0 Å². The zero-order valence-electron chi connectivity index (χ0n) is 10.7. The number of nitrogens with two attached hydrogens (primary N) is 1. The summed E-state index contributed by atoms with van der Waals surface area (Å²) < 4.78 is 36.8. The van der Waals surface area contributed by atoms with E-state index in [2.05, 4.69) is 0 Å². The lowest BCUT2D eigenvalue weighted by atomic mass is 10.0. The first-order valence-electron chi connectivity index (χ1n) is 5.80. The fraction of sp³-hybridized carbons (Fsp3) is 1.00. The van der Waals surface area contributed by atoms with Crippen molar-refractivity contribution in [3.63, 3.8) is 0 Å². The molecule has 0 aromatic rings. The molecule has 0 aliphatic carbocycles. The van der Waals surface area contributed by atoms with Crippen LogP contribution in [-0.4, -0.2) is 47.5 Å². The summed E-state index contributed by atoms with van der Waals surface area (Å²) in [6.45, 7) is 4.58. The topological polar surface area (TPSA) is 49.5 Å². The summed E-state index contributed by atoms with van der Waals surface area (Å²) in [5, 5.41) is 9.64. The average molecular weight is 256 g/mol. The second kappa shape index (κ2) is 6.56. The summed E-state index contributed by atoms with van der Waals surface area (Å²) in [7, 11) is 0. The van der Waals surface area contributed by atoms with Crippen LogP contribution in [0.5, 0.6) is 0 Å². The highest BCUT2D eigenvalue weighted by atomic mass is 19.4. The summed E-state index contributed by atoms with van der Waals surface area (Å²) in [4.78, 5) is 1.35. The van der Waals surface area contributed by atoms with Crippen molar-refractivity contribution < 1.29 is 18.3 Å². The van der Waals surface area contributed by atoms with E-state index >= 15 is 0 Å². The molecule has 3 nitrogen and oxygen atoms in total. The van der Waals surface area contributed by atoms with Crippen LogP contribution in [0.25, 0.3) is 0 Å². The maximum Gasteiger partial charge on any atom is 0.401 e. The normalized spacial score (nSPS) is 16.6. The molecule has 0 heterocycles. The fourth-order valence-corrected chi connectivity index (χ4v) is 1.52. The number of rotatable bonds is 7. The number of alkyl halides is 3. The van der Waals surface area contributed by atoms with E-state index in [1.165, 1.54) is 4.90 Å². The van der Waals surface area contributed by atoms with E-state index in [1.54, 1.807) is 20.8 Å². The molecule has 3 N–H and O–H groups in total. The van der Waals surface area contributed by atoms with Crippen molar-refractivity contribution in [2.45, 2.75) is 51.4 Å². The smallest absolute Gasteiger partial charge is 0.389 e. The van der Waals surface area contributed by atoms with E-state index in [0.29, 0.717) is 19.4 Å². The largest absolute Gasteiger partial charge is 0.401 e. The van der Waals surface area contributed by atoms with Crippen molar-refractivity contribution in [1.29, 1.82) is 0 Å². The van der Waals surface area contributed by atoms with E-state index in [1.807, 2.05) is 0 Å². The van der Waals surface area contributed by atoms with Crippen LogP contribution in [0.15, 0.2) is 0 Å². The minimum absolute atomic E-state index is 0.119. The Kier molecular flexibility index (Phi) is 6.43. The molecule has 0 rings (SSSR count). The van der Waals surface area contributed by atoms with Crippen molar-refractivity contribution in [3.8, 4) is 0 Å². The van der Waals surface area contributed by atoms with Crippen LogP contribution in [-0.2, 0) is 0 Å². The molecular weight excluding hydrogens is 233 g/mol. The highest BCUT2D eigenvalue weighted by Crippen LogP contribution is 2.19. The minimum Gasteiger partial charge on any atom is -0.389 e. The van der Waals surface area contributed by atoms with Gasteiger partial charge in [-0.2, -0.15) is 13.2 Å². The Labute approximate surface area is 101 Å². The SMILES string of the molecule is CC(C)N(CCCC(C)(O)CN)CC(F)(F)F. The lowest BCUT2D eigenvalue weighted by molar-refractivity contribution is -0.149. The van der Waals surface area contributed by atoms with Gasteiger partial charge in [-0.15, -0.1) is 0 Å². The summed E-state index contributed by atoms with van der Waals surface area (Å²) in [5.41, 5.74) is 4.36. The first-order chi connectivity index (χ1) is 7.57. The monoisotopic (exact) mass is 256 g/mol. The maximum atomic E-state index is 12.3. The Bertz CT molecular complexity index is 217. The van der Waals surface area contributed by atoms with Gasteiger partial charge in [-0.25, -0.2) is 0 Å². The first-order valence-corrected chi connectivity index (χ1v) is 5.80. The van der Waals surface area contributed by atoms with Gasteiger partial charge in [0.25, 0.3) is 0 Å². The van der Waals surface area contributed by atoms with Gasteiger partial charge in [0, 0.05) is 12.6 Å². The van der Waals surface area contributed by atoms with Crippen molar-refractivity contribution in [1.82, 2.24) is 4.90 Å². The Morgan fingerprint density at radius 3 is 2.18 bits per heavy atom. The van der Waals surface area contributed by atoms with Crippen LogP contribution < -0.4 is 5.73 Å². The minimum atomic E-state index is -4.18. The Hall–Kier alpha value is -0.330. The number of halogens is 3. The zero-order valence-corrected chi connectivity index (χ0v) is 10.7. The average Bonchev–Trinajstić information content (AvgIpc) is 2.14. The fourth-order valence-electron chi connectivity index (χ4n) is 1.52. The summed E-state index contributed by atoms with van der Waals surface area (Å²) in [6.07, 6.45) is -3.27. The molecule has 0 fully saturated rings. The third-order valence-electron chi connectivity index (χ3n) is 2.71. The number of hydrogen-bond donors (Lipinski definition) is 2. The van der Waals surface area contributed by atoms with E-state index in [4.69, 9.17) is 5.73 Å². The summed E-state index contributed by atoms with van der Waals surface area (Å²) in [5.74, 6) is 0. The predicted octanol–water partition coefficient (Wildman–Crippen LogP) is 1.75. The van der Waals surface area contributed by atoms with Crippen molar-refractivity contribution in [2.24, 2.45) is 5.73 Å². The molecule has 1 atom stereocenters. The van der Waals surface area contributed by atoms with E-state index < -0.39 is 18.3 Å². The third-order valence-corrected chi connectivity index (χ3v) is 2.71. The second-order valence-corrected chi connectivity index (χ2v) is 4.98. The highest BCUT2D eigenvalue weighted by molar-refractivity contribution is 4.75. The van der Waals surface area contributed by atoms with Crippen LogP contribution in [0.3, 0.4) is 0 Å². The van der Waals surface area contributed by atoms with Crippen LogP contribution in [0.1, 0.15) is 33.6 Å². The van der Waals surface area contributed by atoms with Gasteiger partial charge in [0.15, 0.2) is 0 Å². The van der Waals surface area contributed by atoms with Gasteiger partial charge in [0.05, 0.1) is 12.1 Å². The van der Waals surface area contributed by atoms with Gasteiger partial charge in [-0.3, -0.25) is 4.90 Å². The number of aliphatic hydroxyl groups is 1. The molecule has 0 amide bonds. The molecule has 0 aliphatic heterocycles. The van der Waals surface area contributed by atoms with Crippen LogP contribution in [0.2, 0.25) is 0 Å². The quantitative estimate of drug-likeness (QED) is 0.729. The van der Waals surface area contributed by atoms with Crippen molar-refractivity contribution in [3.05, 3.63) is 0 Å². The zero-order chi connectivity index (χ0) is 13.7. The van der Waals surface area contributed by atoms with Gasteiger partial charge >= 0.3 is 6.18 Å². The van der Waals surface area contributed by atoms with Crippen LogP contribution >= 0.6 is 0 Å². The summed E-state index contributed by atoms with van der Waals surface area (Å²) >= 11 is 0. The number of hydrogen-bond acceptors (Lipinski definition) is 3. The predicted molar refractivity (Wildman–Crippen MR) is 61.7 cm³/mol. The third kappa shape index (κ3) is 8.40. The molecule has 0 bridgehead atoms.